The van der Waals surface area contributed by atoms with Gasteiger partial charge in [0.15, 0.2) is 5.78 Å². The van der Waals surface area contributed by atoms with Crippen molar-refractivity contribution in [1.29, 1.82) is 0 Å². The van der Waals surface area contributed by atoms with Crippen LogP contribution in [0.4, 0.5) is 0 Å². The van der Waals surface area contributed by atoms with Crippen molar-refractivity contribution in [1.82, 2.24) is 0 Å². The number of rotatable bonds is 5. The van der Waals surface area contributed by atoms with E-state index in [1.807, 2.05) is 60.7 Å². The fourth-order valence-electron chi connectivity index (χ4n) is 3.53. The summed E-state index contributed by atoms with van der Waals surface area (Å²) in [4.78, 5) is 13.4. The quantitative estimate of drug-likeness (QED) is 0.641. The van der Waals surface area contributed by atoms with Gasteiger partial charge in [-0.3, -0.25) is 4.79 Å². The fourth-order valence-corrected chi connectivity index (χ4v) is 3.53. The average Bonchev–Trinajstić information content (AvgIpc) is 3.05. The van der Waals surface area contributed by atoms with E-state index in [1.165, 1.54) is 0 Å². The third kappa shape index (κ3) is 2.93. The van der Waals surface area contributed by atoms with Crippen LogP contribution in [0.5, 0.6) is 17.2 Å². The molecule has 0 bridgehead atoms. The zero-order chi connectivity index (χ0) is 19.7. The number of ketones is 1. The molecular weight excluding hydrogens is 352 g/mol. The maximum atomic E-state index is 13.4. The SMILES string of the molecule is COc1ccc(C2=C(c3ccc(OC)cc3)c3ccc(OC)cc3C2=O)cc1. The number of hydrogen-bond acceptors (Lipinski definition) is 4. The van der Waals surface area contributed by atoms with Gasteiger partial charge in [0, 0.05) is 16.7 Å². The smallest absolute Gasteiger partial charge is 0.195 e. The van der Waals surface area contributed by atoms with Crippen LogP contribution in [-0.2, 0) is 0 Å². The number of benzene rings is 3. The first-order valence-corrected chi connectivity index (χ1v) is 8.92. The average molecular weight is 372 g/mol. The van der Waals surface area contributed by atoms with Crippen LogP contribution >= 0.6 is 0 Å². The molecular formula is C24H20O4. The number of hydrogen-bond donors (Lipinski definition) is 0. The fraction of sp³-hybridized carbons (Fsp3) is 0.125. The molecule has 0 fully saturated rings. The first-order valence-electron chi connectivity index (χ1n) is 8.92. The highest BCUT2D eigenvalue weighted by molar-refractivity contribution is 6.41. The number of carbonyl (C=O) groups excluding carboxylic acids is 1. The minimum absolute atomic E-state index is 0.00937. The summed E-state index contributed by atoms with van der Waals surface area (Å²) in [6.07, 6.45) is 0. The van der Waals surface area contributed by atoms with Crippen molar-refractivity contribution in [3.8, 4) is 17.2 Å². The molecule has 3 aromatic carbocycles. The maximum Gasteiger partial charge on any atom is 0.195 e. The molecule has 0 heterocycles. The molecule has 0 spiro atoms. The van der Waals surface area contributed by atoms with Gasteiger partial charge in [0.25, 0.3) is 0 Å². The summed E-state index contributed by atoms with van der Waals surface area (Å²) in [5.74, 6) is 2.18. The van der Waals surface area contributed by atoms with Gasteiger partial charge < -0.3 is 14.2 Å². The number of fused-ring (bicyclic) bond motifs is 1. The third-order valence-electron chi connectivity index (χ3n) is 4.98. The lowest BCUT2D eigenvalue weighted by Crippen LogP contribution is -1.99. The molecule has 28 heavy (non-hydrogen) atoms. The van der Waals surface area contributed by atoms with E-state index >= 15 is 0 Å². The first kappa shape index (κ1) is 17.9. The number of ether oxygens (including phenoxy) is 3. The van der Waals surface area contributed by atoms with E-state index in [0.29, 0.717) is 16.9 Å². The van der Waals surface area contributed by atoms with Crippen molar-refractivity contribution in [2.24, 2.45) is 0 Å². The molecule has 0 radical (unpaired) electrons. The van der Waals surface area contributed by atoms with Gasteiger partial charge in [-0.2, -0.15) is 0 Å². The summed E-state index contributed by atoms with van der Waals surface area (Å²) >= 11 is 0. The van der Waals surface area contributed by atoms with Crippen molar-refractivity contribution in [2.45, 2.75) is 0 Å². The Morgan fingerprint density at radius 1 is 0.536 bits per heavy atom. The summed E-state index contributed by atoms with van der Waals surface area (Å²) in [5.41, 5.74) is 4.96. The normalized spacial score (nSPS) is 12.8. The highest BCUT2D eigenvalue weighted by atomic mass is 16.5. The molecule has 0 aromatic heterocycles. The third-order valence-corrected chi connectivity index (χ3v) is 4.98. The van der Waals surface area contributed by atoms with E-state index in [-0.39, 0.29) is 5.78 Å². The van der Waals surface area contributed by atoms with Crippen molar-refractivity contribution in [3.63, 3.8) is 0 Å². The van der Waals surface area contributed by atoms with Crippen LogP contribution in [0.2, 0.25) is 0 Å². The number of allylic oxidation sites excluding steroid dienone is 1. The molecule has 140 valence electrons. The van der Waals surface area contributed by atoms with Gasteiger partial charge in [0.2, 0.25) is 0 Å². The van der Waals surface area contributed by atoms with E-state index in [4.69, 9.17) is 14.2 Å². The Bertz CT molecular complexity index is 1060. The Labute approximate surface area is 164 Å². The molecule has 0 N–H and O–H groups in total. The van der Waals surface area contributed by atoms with Gasteiger partial charge in [-0.15, -0.1) is 0 Å². The molecule has 0 unspecified atom stereocenters. The Morgan fingerprint density at radius 2 is 1.00 bits per heavy atom. The standard InChI is InChI=1S/C24H20O4/c1-26-17-8-4-15(5-9-17)22-20-13-12-19(28-3)14-21(20)24(25)23(22)16-6-10-18(27-2)11-7-16/h4-14H,1-3H3. The largest absolute Gasteiger partial charge is 0.497 e. The van der Waals surface area contributed by atoms with E-state index < -0.39 is 0 Å². The second-order valence-electron chi connectivity index (χ2n) is 6.45. The van der Waals surface area contributed by atoms with Crippen molar-refractivity contribution in [2.75, 3.05) is 21.3 Å². The van der Waals surface area contributed by atoms with Crippen LogP contribution < -0.4 is 14.2 Å². The Morgan fingerprint density at radius 3 is 1.50 bits per heavy atom. The second-order valence-corrected chi connectivity index (χ2v) is 6.45. The van der Waals surface area contributed by atoms with E-state index in [0.717, 1.165) is 33.8 Å². The molecule has 0 saturated heterocycles. The number of carbonyl (C=O) groups is 1. The van der Waals surface area contributed by atoms with E-state index in [9.17, 15) is 4.79 Å². The van der Waals surface area contributed by atoms with Gasteiger partial charge in [-0.1, -0.05) is 24.3 Å². The molecule has 1 aliphatic carbocycles. The lowest BCUT2D eigenvalue weighted by molar-refractivity contribution is 0.105. The molecule has 4 heteroatoms. The molecule has 4 nitrogen and oxygen atoms in total. The molecule has 0 atom stereocenters. The molecule has 0 saturated carbocycles. The first-order chi connectivity index (χ1) is 13.7. The monoisotopic (exact) mass is 372 g/mol. The number of methoxy groups -OCH3 is 3. The lowest BCUT2D eigenvalue weighted by Gasteiger charge is -2.10. The zero-order valence-electron chi connectivity index (χ0n) is 16.0. The molecule has 3 aromatic rings. The molecule has 0 aliphatic heterocycles. The predicted molar refractivity (Wildman–Crippen MR) is 109 cm³/mol. The van der Waals surface area contributed by atoms with Gasteiger partial charge in [0.05, 0.1) is 21.3 Å². The minimum Gasteiger partial charge on any atom is -0.497 e. The molecule has 4 rings (SSSR count). The lowest BCUT2D eigenvalue weighted by atomic mass is 9.94. The van der Waals surface area contributed by atoms with Gasteiger partial charge in [-0.05, 0) is 59.2 Å². The highest BCUT2D eigenvalue weighted by Crippen LogP contribution is 2.43. The van der Waals surface area contributed by atoms with Crippen LogP contribution in [0.15, 0.2) is 66.7 Å². The topological polar surface area (TPSA) is 44.8 Å². The maximum absolute atomic E-state index is 13.4. The van der Waals surface area contributed by atoms with Gasteiger partial charge in [-0.25, -0.2) is 0 Å². The number of Topliss-reactive ketones (excluding diaryl/α,β-unsaturated/α-hetero) is 1. The second kappa shape index (κ2) is 7.24. The van der Waals surface area contributed by atoms with Crippen LogP contribution in [0, 0.1) is 0 Å². The highest BCUT2D eigenvalue weighted by Gasteiger charge is 2.31. The Kier molecular flexibility index (Phi) is 4.62. The van der Waals surface area contributed by atoms with Crippen molar-refractivity contribution in [3.05, 3.63) is 89.0 Å². The van der Waals surface area contributed by atoms with Crippen molar-refractivity contribution >= 4 is 16.9 Å². The van der Waals surface area contributed by atoms with E-state index in [1.54, 1.807) is 27.4 Å². The summed E-state index contributed by atoms with van der Waals surface area (Å²) in [7, 11) is 4.86. The van der Waals surface area contributed by atoms with Gasteiger partial charge in [0.1, 0.15) is 17.2 Å². The summed E-state index contributed by atoms with van der Waals surface area (Å²) in [5, 5.41) is 0. The van der Waals surface area contributed by atoms with Gasteiger partial charge >= 0.3 is 0 Å². The molecule has 1 aliphatic rings. The van der Waals surface area contributed by atoms with E-state index in [2.05, 4.69) is 0 Å². The minimum atomic E-state index is -0.00937. The summed E-state index contributed by atoms with van der Waals surface area (Å²) in [6.45, 7) is 0. The van der Waals surface area contributed by atoms with Crippen LogP contribution in [0.1, 0.15) is 27.0 Å². The molecule has 0 amide bonds. The Hall–Kier alpha value is -3.53. The van der Waals surface area contributed by atoms with Crippen LogP contribution in [0.25, 0.3) is 11.1 Å². The zero-order valence-corrected chi connectivity index (χ0v) is 16.0. The van der Waals surface area contributed by atoms with Crippen LogP contribution in [0.3, 0.4) is 0 Å². The van der Waals surface area contributed by atoms with Crippen LogP contribution in [-0.4, -0.2) is 27.1 Å². The summed E-state index contributed by atoms with van der Waals surface area (Å²) < 4.78 is 15.9. The Balaban J connectivity index is 1.93. The predicted octanol–water partition coefficient (Wildman–Crippen LogP) is 4.87. The van der Waals surface area contributed by atoms with Crippen molar-refractivity contribution < 1.29 is 19.0 Å². The summed E-state index contributed by atoms with van der Waals surface area (Å²) in [6, 6.07) is 21.0.